The molecule has 0 unspecified atom stereocenters. The van der Waals surface area contributed by atoms with Crippen LogP contribution in [0.1, 0.15) is 5.56 Å². The Morgan fingerprint density at radius 3 is 2.75 bits per heavy atom. The van der Waals surface area contributed by atoms with E-state index in [1.807, 2.05) is 18.2 Å². The Balaban J connectivity index is 1.65. The zero-order valence-corrected chi connectivity index (χ0v) is 11.2. The monoisotopic (exact) mass is 271 g/mol. The lowest BCUT2D eigenvalue weighted by Crippen LogP contribution is -2.36. The molecule has 104 valence electrons. The molecule has 1 fully saturated rings. The molecule has 0 atom stereocenters. The van der Waals surface area contributed by atoms with E-state index in [4.69, 9.17) is 4.74 Å². The summed E-state index contributed by atoms with van der Waals surface area (Å²) in [5, 5.41) is 3.30. The molecule has 6 heteroatoms. The summed E-state index contributed by atoms with van der Waals surface area (Å²) in [6, 6.07) is 5.95. The molecule has 6 nitrogen and oxygen atoms in total. The SMILES string of the molecule is c1cc(CNc2cc(N3CCOCC3)ncn2)ccn1. The molecule has 1 aliphatic rings. The molecule has 1 saturated heterocycles. The van der Waals surface area contributed by atoms with Crippen molar-refractivity contribution in [1.82, 2.24) is 15.0 Å². The number of ether oxygens (including phenoxy) is 1. The first-order chi connectivity index (χ1) is 9.92. The van der Waals surface area contributed by atoms with Crippen molar-refractivity contribution in [2.24, 2.45) is 0 Å². The Kier molecular flexibility index (Phi) is 4.03. The van der Waals surface area contributed by atoms with Crippen LogP contribution < -0.4 is 10.2 Å². The number of aromatic nitrogens is 3. The third kappa shape index (κ3) is 3.21. The molecule has 3 heterocycles. The van der Waals surface area contributed by atoms with Crippen LogP contribution in [-0.4, -0.2) is 41.3 Å². The summed E-state index contributed by atoms with van der Waals surface area (Å²) in [4.78, 5) is 14.8. The standard InChI is InChI=1S/C14H17N5O/c1-3-15-4-2-12(1)10-16-13-9-14(18-11-17-13)19-5-7-20-8-6-19/h1-4,9,11H,5-8,10H2,(H,16,17,18). The first-order valence-corrected chi connectivity index (χ1v) is 6.69. The highest BCUT2D eigenvalue weighted by Gasteiger charge is 2.12. The summed E-state index contributed by atoms with van der Waals surface area (Å²) in [6.07, 6.45) is 5.17. The summed E-state index contributed by atoms with van der Waals surface area (Å²) in [6.45, 7) is 3.98. The van der Waals surface area contributed by atoms with Crippen molar-refractivity contribution in [3.05, 3.63) is 42.5 Å². The molecular weight excluding hydrogens is 254 g/mol. The Morgan fingerprint density at radius 1 is 1.15 bits per heavy atom. The second-order valence-electron chi connectivity index (χ2n) is 4.57. The van der Waals surface area contributed by atoms with E-state index in [1.54, 1.807) is 18.7 Å². The Morgan fingerprint density at radius 2 is 1.95 bits per heavy atom. The van der Waals surface area contributed by atoms with Gasteiger partial charge in [-0.25, -0.2) is 9.97 Å². The Hall–Kier alpha value is -2.21. The molecule has 1 aliphatic heterocycles. The highest BCUT2D eigenvalue weighted by atomic mass is 16.5. The first kappa shape index (κ1) is 12.8. The lowest BCUT2D eigenvalue weighted by molar-refractivity contribution is 0.122. The molecule has 0 amide bonds. The third-order valence-electron chi connectivity index (χ3n) is 3.21. The molecule has 0 bridgehead atoms. The van der Waals surface area contributed by atoms with Crippen molar-refractivity contribution in [3.63, 3.8) is 0 Å². The zero-order chi connectivity index (χ0) is 13.6. The number of rotatable bonds is 4. The normalized spacial score (nSPS) is 15.1. The van der Waals surface area contributed by atoms with Gasteiger partial charge in [-0.1, -0.05) is 0 Å². The minimum Gasteiger partial charge on any atom is -0.378 e. The van der Waals surface area contributed by atoms with E-state index in [0.29, 0.717) is 0 Å². The van der Waals surface area contributed by atoms with Crippen molar-refractivity contribution in [2.45, 2.75) is 6.54 Å². The van der Waals surface area contributed by atoms with Gasteiger partial charge in [0.1, 0.15) is 18.0 Å². The number of hydrogen-bond donors (Lipinski definition) is 1. The second-order valence-corrected chi connectivity index (χ2v) is 4.57. The molecule has 20 heavy (non-hydrogen) atoms. The van der Waals surface area contributed by atoms with Crippen LogP contribution in [0.25, 0.3) is 0 Å². The van der Waals surface area contributed by atoms with Crippen LogP contribution >= 0.6 is 0 Å². The van der Waals surface area contributed by atoms with E-state index in [9.17, 15) is 0 Å². The maximum absolute atomic E-state index is 5.35. The van der Waals surface area contributed by atoms with Crippen LogP contribution in [0.3, 0.4) is 0 Å². The molecule has 0 radical (unpaired) electrons. The van der Waals surface area contributed by atoms with E-state index in [1.165, 1.54) is 5.56 Å². The smallest absolute Gasteiger partial charge is 0.134 e. The summed E-state index contributed by atoms with van der Waals surface area (Å²) < 4.78 is 5.35. The number of nitrogens with zero attached hydrogens (tertiary/aromatic N) is 4. The van der Waals surface area contributed by atoms with Gasteiger partial charge in [0.05, 0.1) is 13.2 Å². The lowest BCUT2D eigenvalue weighted by atomic mass is 10.3. The van der Waals surface area contributed by atoms with Crippen molar-refractivity contribution >= 4 is 11.6 Å². The van der Waals surface area contributed by atoms with Gasteiger partial charge < -0.3 is 15.0 Å². The van der Waals surface area contributed by atoms with Gasteiger partial charge in [0, 0.05) is 38.1 Å². The third-order valence-corrected chi connectivity index (χ3v) is 3.21. The zero-order valence-electron chi connectivity index (χ0n) is 11.2. The van der Waals surface area contributed by atoms with Crippen LogP contribution in [0.4, 0.5) is 11.6 Å². The quantitative estimate of drug-likeness (QED) is 0.905. The first-order valence-electron chi connectivity index (χ1n) is 6.69. The van der Waals surface area contributed by atoms with Crippen LogP contribution in [0.2, 0.25) is 0 Å². The van der Waals surface area contributed by atoms with Crippen molar-refractivity contribution in [3.8, 4) is 0 Å². The summed E-state index contributed by atoms with van der Waals surface area (Å²) in [7, 11) is 0. The molecule has 0 saturated carbocycles. The minimum atomic E-state index is 0.724. The average molecular weight is 271 g/mol. The van der Waals surface area contributed by atoms with E-state index in [-0.39, 0.29) is 0 Å². The van der Waals surface area contributed by atoms with E-state index in [2.05, 4.69) is 25.2 Å². The maximum atomic E-state index is 5.35. The van der Waals surface area contributed by atoms with Crippen LogP contribution in [0, 0.1) is 0 Å². The van der Waals surface area contributed by atoms with Gasteiger partial charge in [-0.05, 0) is 17.7 Å². The Labute approximate surface area is 117 Å². The van der Waals surface area contributed by atoms with Gasteiger partial charge in [-0.3, -0.25) is 4.98 Å². The van der Waals surface area contributed by atoms with Gasteiger partial charge >= 0.3 is 0 Å². The fraction of sp³-hybridized carbons (Fsp3) is 0.357. The summed E-state index contributed by atoms with van der Waals surface area (Å²) in [5.74, 6) is 1.78. The number of hydrogen-bond acceptors (Lipinski definition) is 6. The molecule has 0 aromatic carbocycles. The molecule has 2 aromatic heterocycles. The largest absolute Gasteiger partial charge is 0.378 e. The average Bonchev–Trinajstić information content (AvgIpc) is 2.55. The van der Waals surface area contributed by atoms with Crippen molar-refractivity contribution < 1.29 is 4.74 Å². The lowest BCUT2D eigenvalue weighted by Gasteiger charge is -2.27. The fourth-order valence-corrected chi connectivity index (χ4v) is 2.10. The molecule has 0 aliphatic carbocycles. The molecule has 2 aromatic rings. The number of pyridine rings is 1. The van der Waals surface area contributed by atoms with Crippen LogP contribution in [0.15, 0.2) is 36.9 Å². The predicted molar refractivity (Wildman–Crippen MR) is 76.6 cm³/mol. The highest BCUT2D eigenvalue weighted by Crippen LogP contribution is 2.15. The predicted octanol–water partition coefficient (Wildman–Crippen LogP) is 1.32. The van der Waals surface area contributed by atoms with Gasteiger partial charge in [0.2, 0.25) is 0 Å². The molecule has 3 rings (SSSR count). The van der Waals surface area contributed by atoms with Crippen LogP contribution in [0.5, 0.6) is 0 Å². The van der Waals surface area contributed by atoms with Crippen LogP contribution in [-0.2, 0) is 11.3 Å². The maximum Gasteiger partial charge on any atom is 0.134 e. The summed E-state index contributed by atoms with van der Waals surface area (Å²) >= 11 is 0. The second kappa shape index (κ2) is 6.29. The number of nitrogens with one attached hydrogen (secondary N) is 1. The molecule has 0 spiro atoms. The number of morpholine rings is 1. The highest BCUT2D eigenvalue weighted by molar-refractivity contribution is 5.48. The number of anilines is 2. The van der Waals surface area contributed by atoms with E-state index < -0.39 is 0 Å². The molecular formula is C14H17N5O. The van der Waals surface area contributed by atoms with Gasteiger partial charge in [0.15, 0.2) is 0 Å². The van der Waals surface area contributed by atoms with Crippen molar-refractivity contribution in [2.75, 3.05) is 36.5 Å². The van der Waals surface area contributed by atoms with Gasteiger partial charge in [0.25, 0.3) is 0 Å². The topological polar surface area (TPSA) is 63.2 Å². The summed E-state index contributed by atoms with van der Waals surface area (Å²) in [5.41, 5.74) is 1.17. The minimum absolute atomic E-state index is 0.724. The Bertz CT molecular complexity index is 542. The van der Waals surface area contributed by atoms with E-state index >= 15 is 0 Å². The van der Waals surface area contributed by atoms with E-state index in [0.717, 1.165) is 44.5 Å². The fourth-order valence-electron chi connectivity index (χ4n) is 2.10. The molecule has 1 N–H and O–H groups in total. The van der Waals surface area contributed by atoms with Gasteiger partial charge in [-0.2, -0.15) is 0 Å². The van der Waals surface area contributed by atoms with Gasteiger partial charge in [-0.15, -0.1) is 0 Å². The van der Waals surface area contributed by atoms with Crippen molar-refractivity contribution in [1.29, 1.82) is 0 Å².